The van der Waals surface area contributed by atoms with E-state index in [4.69, 9.17) is 5.26 Å². The molecule has 0 bridgehead atoms. The van der Waals surface area contributed by atoms with Gasteiger partial charge in [-0.3, -0.25) is 9.59 Å². The minimum Gasteiger partial charge on any atom is -0.325 e. The zero-order chi connectivity index (χ0) is 18.0. The van der Waals surface area contributed by atoms with Gasteiger partial charge < -0.3 is 10.6 Å². The van der Waals surface area contributed by atoms with Crippen LogP contribution in [0, 0.1) is 30.6 Å². The third kappa shape index (κ3) is 3.11. The summed E-state index contributed by atoms with van der Waals surface area (Å²) < 4.78 is 0. The lowest BCUT2D eigenvalue weighted by Crippen LogP contribution is -2.36. The number of carbonyl (C=O) groups is 2. The van der Waals surface area contributed by atoms with E-state index < -0.39 is 5.41 Å². The smallest absolute Gasteiger partial charge is 0.240 e. The molecule has 2 aromatic rings. The van der Waals surface area contributed by atoms with Crippen LogP contribution in [0.2, 0.25) is 0 Å². The second-order valence-corrected chi connectivity index (χ2v) is 6.41. The van der Waals surface area contributed by atoms with Crippen molar-refractivity contribution in [2.75, 3.05) is 10.6 Å². The molecule has 0 unspecified atom stereocenters. The minimum atomic E-state index is -1.06. The number of aryl methyl sites for hydroxylation is 2. The van der Waals surface area contributed by atoms with Gasteiger partial charge in [0.15, 0.2) is 0 Å². The van der Waals surface area contributed by atoms with Crippen molar-refractivity contribution in [2.45, 2.75) is 26.7 Å². The minimum absolute atomic E-state index is 0.295. The topological polar surface area (TPSA) is 82.0 Å². The maximum absolute atomic E-state index is 12.8. The van der Waals surface area contributed by atoms with Crippen LogP contribution >= 0.6 is 0 Å². The quantitative estimate of drug-likeness (QED) is 0.840. The fourth-order valence-electron chi connectivity index (χ4n) is 2.86. The summed E-state index contributed by atoms with van der Waals surface area (Å²) in [5.74, 6) is -0.657. The zero-order valence-corrected chi connectivity index (χ0v) is 14.2. The summed E-state index contributed by atoms with van der Waals surface area (Å²) in [6.45, 7) is 3.84. The number of nitrogens with one attached hydrogen (secondary N) is 2. The van der Waals surface area contributed by atoms with Crippen molar-refractivity contribution in [3.63, 3.8) is 0 Å². The van der Waals surface area contributed by atoms with Crippen molar-refractivity contribution in [3.8, 4) is 6.07 Å². The average molecular weight is 333 g/mol. The van der Waals surface area contributed by atoms with E-state index in [0.717, 1.165) is 16.8 Å². The Morgan fingerprint density at radius 3 is 2.16 bits per heavy atom. The summed E-state index contributed by atoms with van der Waals surface area (Å²) in [4.78, 5) is 25.4. The number of anilines is 2. The predicted molar refractivity (Wildman–Crippen MR) is 96.0 cm³/mol. The van der Waals surface area contributed by atoms with Crippen LogP contribution in [0.5, 0.6) is 0 Å². The summed E-state index contributed by atoms with van der Waals surface area (Å²) >= 11 is 0. The van der Waals surface area contributed by atoms with Gasteiger partial charge in [-0.15, -0.1) is 0 Å². The third-order valence-electron chi connectivity index (χ3n) is 4.63. The Balaban J connectivity index is 1.79. The van der Waals surface area contributed by atoms with Gasteiger partial charge in [-0.2, -0.15) is 5.26 Å². The fourth-order valence-corrected chi connectivity index (χ4v) is 2.86. The highest BCUT2D eigenvalue weighted by Gasteiger charge is 2.56. The van der Waals surface area contributed by atoms with Crippen LogP contribution in [-0.4, -0.2) is 11.8 Å². The van der Waals surface area contributed by atoms with E-state index in [2.05, 4.69) is 10.6 Å². The largest absolute Gasteiger partial charge is 0.325 e. The molecule has 0 aliphatic heterocycles. The molecular weight excluding hydrogens is 314 g/mol. The Morgan fingerprint density at radius 1 is 0.960 bits per heavy atom. The van der Waals surface area contributed by atoms with Crippen LogP contribution in [-0.2, 0) is 9.59 Å². The standard InChI is InChI=1S/C20H19N3O2/c1-13-6-5-7-14(2)17(13)23-19(25)20(10-11-20)18(24)22-16-9-4-3-8-15(16)12-21/h3-9H,10-11H2,1-2H3,(H,22,24)(H,23,25). The van der Waals surface area contributed by atoms with Crippen LogP contribution in [0.25, 0.3) is 0 Å². The van der Waals surface area contributed by atoms with Gasteiger partial charge in [0, 0.05) is 5.69 Å². The molecule has 3 rings (SSSR count). The lowest BCUT2D eigenvalue weighted by molar-refractivity contribution is -0.131. The Hall–Kier alpha value is -3.13. The Labute approximate surface area is 146 Å². The van der Waals surface area contributed by atoms with Crippen LogP contribution in [0.3, 0.4) is 0 Å². The molecular formula is C20H19N3O2. The van der Waals surface area contributed by atoms with E-state index in [9.17, 15) is 9.59 Å². The van der Waals surface area contributed by atoms with E-state index in [0.29, 0.717) is 24.1 Å². The number of carbonyl (C=O) groups excluding carboxylic acids is 2. The summed E-state index contributed by atoms with van der Waals surface area (Å²) in [6, 6.07) is 14.6. The van der Waals surface area contributed by atoms with E-state index in [1.807, 2.05) is 38.1 Å². The van der Waals surface area contributed by atoms with Crippen molar-refractivity contribution in [1.29, 1.82) is 5.26 Å². The molecule has 5 nitrogen and oxygen atoms in total. The van der Waals surface area contributed by atoms with Crippen molar-refractivity contribution in [2.24, 2.45) is 5.41 Å². The molecule has 126 valence electrons. The Morgan fingerprint density at radius 2 is 1.56 bits per heavy atom. The predicted octanol–water partition coefficient (Wildman–Crippen LogP) is 3.53. The number of benzene rings is 2. The van der Waals surface area contributed by atoms with Crippen molar-refractivity contribution in [3.05, 3.63) is 59.2 Å². The number of hydrogen-bond donors (Lipinski definition) is 2. The number of nitrogens with zero attached hydrogens (tertiary/aromatic N) is 1. The number of nitriles is 1. The molecule has 1 aliphatic carbocycles. The first-order valence-corrected chi connectivity index (χ1v) is 8.16. The van der Waals surface area contributed by atoms with Crippen LogP contribution in [0.1, 0.15) is 29.5 Å². The third-order valence-corrected chi connectivity index (χ3v) is 4.63. The van der Waals surface area contributed by atoms with Gasteiger partial charge in [-0.05, 0) is 49.9 Å². The van der Waals surface area contributed by atoms with Gasteiger partial charge in [0.1, 0.15) is 11.5 Å². The molecule has 0 aromatic heterocycles. The molecule has 1 saturated carbocycles. The lowest BCUT2D eigenvalue weighted by Gasteiger charge is -2.18. The molecule has 0 radical (unpaired) electrons. The molecule has 2 N–H and O–H groups in total. The number of para-hydroxylation sites is 2. The van der Waals surface area contributed by atoms with Gasteiger partial charge in [0.25, 0.3) is 0 Å². The molecule has 0 heterocycles. The zero-order valence-electron chi connectivity index (χ0n) is 14.2. The van der Waals surface area contributed by atoms with E-state index >= 15 is 0 Å². The van der Waals surface area contributed by atoms with Crippen molar-refractivity contribution >= 4 is 23.2 Å². The molecule has 0 saturated heterocycles. The van der Waals surface area contributed by atoms with Crippen LogP contribution in [0.4, 0.5) is 11.4 Å². The summed E-state index contributed by atoms with van der Waals surface area (Å²) in [6.07, 6.45) is 1.01. The maximum Gasteiger partial charge on any atom is 0.240 e. The van der Waals surface area contributed by atoms with E-state index in [1.165, 1.54) is 0 Å². The maximum atomic E-state index is 12.8. The number of amides is 2. The average Bonchev–Trinajstić information content (AvgIpc) is 3.40. The monoisotopic (exact) mass is 333 g/mol. The molecule has 25 heavy (non-hydrogen) atoms. The first-order chi connectivity index (χ1) is 12.0. The van der Waals surface area contributed by atoms with Crippen LogP contribution in [0.15, 0.2) is 42.5 Å². The highest BCUT2D eigenvalue weighted by Crippen LogP contribution is 2.48. The molecule has 0 spiro atoms. The highest BCUT2D eigenvalue weighted by atomic mass is 16.2. The van der Waals surface area contributed by atoms with Gasteiger partial charge in [0.05, 0.1) is 11.3 Å². The fraction of sp³-hybridized carbons (Fsp3) is 0.250. The second kappa shape index (κ2) is 6.40. The first kappa shape index (κ1) is 16.7. The van der Waals surface area contributed by atoms with Gasteiger partial charge in [0.2, 0.25) is 11.8 Å². The molecule has 0 atom stereocenters. The molecule has 1 aliphatic rings. The number of rotatable bonds is 4. The summed E-state index contributed by atoms with van der Waals surface area (Å²) in [5, 5.41) is 14.8. The molecule has 5 heteroatoms. The van der Waals surface area contributed by atoms with Crippen LogP contribution < -0.4 is 10.6 Å². The van der Waals surface area contributed by atoms with Gasteiger partial charge in [-0.25, -0.2) is 0 Å². The first-order valence-electron chi connectivity index (χ1n) is 8.16. The highest BCUT2D eigenvalue weighted by molar-refractivity contribution is 6.17. The van der Waals surface area contributed by atoms with Gasteiger partial charge >= 0.3 is 0 Å². The Kier molecular flexibility index (Phi) is 4.28. The van der Waals surface area contributed by atoms with E-state index in [1.54, 1.807) is 24.3 Å². The normalized spacial score (nSPS) is 14.3. The summed E-state index contributed by atoms with van der Waals surface area (Å²) in [5.41, 5.74) is 2.42. The molecule has 2 amide bonds. The van der Waals surface area contributed by atoms with Crippen molar-refractivity contribution in [1.82, 2.24) is 0 Å². The number of hydrogen-bond acceptors (Lipinski definition) is 3. The molecule has 2 aromatic carbocycles. The SMILES string of the molecule is Cc1cccc(C)c1NC(=O)C1(C(=O)Nc2ccccc2C#N)CC1. The Bertz CT molecular complexity index is 872. The van der Waals surface area contributed by atoms with E-state index in [-0.39, 0.29) is 11.8 Å². The lowest BCUT2D eigenvalue weighted by atomic mass is 10.0. The summed E-state index contributed by atoms with van der Waals surface area (Å²) in [7, 11) is 0. The van der Waals surface area contributed by atoms with Gasteiger partial charge in [-0.1, -0.05) is 30.3 Å². The second-order valence-electron chi connectivity index (χ2n) is 6.41. The van der Waals surface area contributed by atoms with Crippen molar-refractivity contribution < 1.29 is 9.59 Å². The molecule has 1 fully saturated rings.